The molecule has 1 aliphatic rings. The molecule has 1 saturated carbocycles. The van der Waals surface area contributed by atoms with Gasteiger partial charge in [0.15, 0.2) is 0 Å². The van der Waals surface area contributed by atoms with Crippen LogP contribution in [0.15, 0.2) is 0 Å². The van der Waals surface area contributed by atoms with Crippen LogP contribution in [0, 0.1) is 34.5 Å². The van der Waals surface area contributed by atoms with Gasteiger partial charge in [-0.2, -0.15) is 0 Å². The molecule has 1 rings (SSSR count). The molecule has 6 nitrogen and oxygen atoms in total. The summed E-state index contributed by atoms with van der Waals surface area (Å²) in [5.74, 6) is 2.62. The van der Waals surface area contributed by atoms with Crippen LogP contribution in [0.5, 0.6) is 0 Å². The van der Waals surface area contributed by atoms with Crippen molar-refractivity contribution in [3.05, 3.63) is 0 Å². The molecule has 0 bridgehead atoms. The van der Waals surface area contributed by atoms with Crippen LogP contribution in [0.1, 0.15) is 197 Å². The van der Waals surface area contributed by atoms with Crippen LogP contribution in [-0.2, 0) is 14.2 Å². The van der Waals surface area contributed by atoms with E-state index in [1.807, 2.05) is 0 Å². The van der Waals surface area contributed by atoms with E-state index in [9.17, 15) is 0 Å². The first kappa shape index (κ1) is 55.0. The number of nitrogens with one attached hydrogen (secondary N) is 1. The van der Waals surface area contributed by atoms with Crippen molar-refractivity contribution in [3.63, 3.8) is 0 Å². The van der Waals surface area contributed by atoms with Crippen LogP contribution >= 0.6 is 0 Å². The Morgan fingerprint density at radius 2 is 1.30 bits per heavy atom. The minimum Gasteiger partial charge on any atom is -0.379 e. The van der Waals surface area contributed by atoms with Gasteiger partial charge < -0.3 is 31.0 Å². The number of hydrogen-bond acceptors (Lipinski definition) is 6. The van der Waals surface area contributed by atoms with E-state index >= 15 is 0 Å². The fourth-order valence-corrected chi connectivity index (χ4v) is 11.0. The molecule has 8 atom stereocenters. The van der Waals surface area contributed by atoms with Crippen LogP contribution in [0.25, 0.3) is 0 Å². The topological polar surface area (TPSA) is 91.8 Å². The Hall–Kier alpha value is -0.0231. The molecule has 57 heavy (non-hydrogen) atoms. The predicted octanol–water partition coefficient (Wildman–Crippen LogP) is 13.2. The predicted molar refractivity (Wildman–Crippen MR) is 254 cm³/mol. The SMILES string of the molecule is CCCCO[C@@H](C)CCC[C@@H](CCC(C)(C)[C@H](C)C[C@H](OCCCN)[C@@]1(C)[C@H](C)CC[C@@H]1[C@H](C)CCCNCCCCCCCCCC[Si](C)(C)C)OCCCN. The Kier molecular flexibility index (Phi) is 30.7. The van der Waals surface area contributed by atoms with Crippen molar-refractivity contribution in [2.75, 3.05) is 46.0 Å². The Labute approximate surface area is 359 Å². The highest BCUT2D eigenvalue weighted by Gasteiger charge is 2.52. The number of hydrogen-bond donors (Lipinski definition) is 3. The maximum atomic E-state index is 6.98. The summed E-state index contributed by atoms with van der Waals surface area (Å²) in [6, 6.07) is 1.50. The molecule has 0 aromatic rings. The van der Waals surface area contributed by atoms with Gasteiger partial charge in [-0.05, 0) is 157 Å². The zero-order chi connectivity index (χ0) is 42.6. The summed E-state index contributed by atoms with van der Waals surface area (Å²) in [5, 5.41) is 3.80. The van der Waals surface area contributed by atoms with E-state index in [2.05, 4.69) is 80.3 Å². The smallest absolute Gasteiger partial charge is 0.0636 e. The van der Waals surface area contributed by atoms with E-state index in [4.69, 9.17) is 25.7 Å². The quantitative estimate of drug-likeness (QED) is 0.0422. The van der Waals surface area contributed by atoms with E-state index in [1.165, 1.54) is 96.1 Å². The van der Waals surface area contributed by atoms with Crippen molar-refractivity contribution < 1.29 is 14.2 Å². The van der Waals surface area contributed by atoms with Gasteiger partial charge in [0.05, 0.1) is 18.3 Å². The van der Waals surface area contributed by atoms with Gasteiger partial charge in [-0.15, -0.1) is 0 Å². The second kappa shape index (κ2) is 31.8. The fourth-order valence-electron chi connectivity index (χ4n) is 9.73. The molecule has 0 amide bonds. The molecular formula is C50H105N3O3Si. The van der Waals surface area contributed by atoms with Gasteiger partial charge in [-0.25, -0.2) is 0 Å². The van der Waals surface area contributed by atoms with Crippen LogP contribution in [0.4, 0.5) is 0 Å². The number of rotatable bonds is 39. The third-order valence-electron chi connectivity index (χ3n) is 14.6. The summed E-state index contributed by atoms with van der Waals surface area (Å²) in [7, 11) is -0.842. The maximum absolute atomic E-state index is 6.98. The summed E-state index contributed by atoms with van der Waals surface area (Å²) in [5.41, 5.74) is 12.2. The van der Waals surface area contributed by atoms with Gasteiger partial charge in [0.2, 0.25) is 0 Å². The second-order valence-corrected chi connectivity index (χ2v) is 26.8. The molecular weight excluding hydrogens is 719 g/mol. The van der Waals surface area contributed by atoms with Crippen molar-refractivity contribution in [2.24, 2.45) is 46.0 Å². The largest absolute Gasteiger partial charge is 0.379 e. The lowest BCUT2D eigenvalue weighted by Gasteiger charge is -2.47. The molecule has 0 saturated heterocycles. The minimum atomic E-state index is -0.842. The first-order valence-corrected chi connectivity index (χ1v) is 28.8. The van der Waals surface area contributed by atoms with E-state index in [0.29, 0.717) is 49.0 Å². The van der Waals surface area contributed by atoms with Gasteiger partial charge in [0, 0.05) is 27.9 Å². The highest BCUT2D eigenvalue weighted by atomic mass is 28.3. The Balaban J connectivity index is 2.69. The van der Waals surface area contributed by atoms with Crippen molar-refractivity contribution in [3.8, 4) is 0 Å². The summed E-state index contributed by atoms with van der Waals surface area (Å²) in [6.07, 6.45) is 28.4. The molecule has 1 aliphatic carbocycles. The van der Waals surface area contributed by atoms with Crippen LogP contribution in [-0.4, -0.2) is 72.4 Å². The maximum Gasteiger partial charge on any atom is 0.0636 e. The standard InChI is InChI=1S/C50H105N3O3Si/c1-12-13-37-54-45(5)27-22-28-46(55-38-24-33-51)31-32-49(6,7)44(4)41-48(56-39-25-34-52)50(8)43(3)29-30-47(50)42(2)26-23-36-53-35-20-18-16-14-15-17-19-21-40-57(9,10)11/h42-48,53H,12-41,51-52H2,1-11H3/t42-,43-,44-,45+,46+,47-,48+,50+/m1/s1. The number of nitrogens with two attached hydrogens (primary N) is 2. The molecule has 0 spiro atoms. The highest BCUT2D eigenvalue weighted by molar-refractivity contribution is 6.76. The molecule has 342 valence electrons. The van der Waals surface area contributed by atoms with Gasteiger partial charge in [-0.3, -0.25) is 0 Å². The summed E-state index contributed by atoms with van der Waals surface area (Å²) in [6.45, 7) is 33.3. The normalized spacial score (nSPS) is 21.8. The molecule has 0 aromatic carbocycles. The van der Waals surface area contributed by atoms with Crippen LogP contribution in [0.3, 0.4) is 0 Å². The van der Waals surface area contributed by atoms with Crippen molar-refractivity contribution in [1.29, 1.82) is 0 Å². The molecule has 0 aromatic heterocycles. The van der Waals surface area contributed by atoms with E-state index in [0.717, 1.165) is 84.2 Å². The van der Waals surface area contributed by atoms with Crippen LogP contribution in [0.2, 0.25) is 25.7 Å². The molecule has 5 N–H and O–H groups in total. The molecule has 0 unspecified atom stereocenters. The lowest BCUT2D eigenvalue weighted by Crippen LogP contribution is -2.46. The number of ether oxygens (including phenoxy) is 3. The second-order valence-electron chi connectivity index (χ2n) is 21.2. The Bertz CT molecular complexity index is 931. The summed E-state index contributed by atoms with van der Waals surface area (Å²) < 4.78 is 19.5. The summed E-state index contributed by atoms with van der Waals surface area (Å²) in [4.78, 5) is 0. The van der Waals surface area contributed by atoms with Gasteiger partial charge >= 0.3 is 0 Å². The number of unbranched alkanes of at least 4 members (excludes halogenated alkanes) is 8. The Morgan fingerprint density at radius 1 is 0.702 bits per heavy atom. The molecule has 7 heteroatoms. The first-order chi connectivity index (χ1) is 27.1. The van der Waals surface area contributed by atoms with Crippen molar-refractivity contribution >= 4 is 8.07 Å². The minimum absolute atomic E-state index is 0.184. The lowest BCUT2D eigenvalue weighted by atomic mass is 9.62. The third kappa shape index (κ3) is 24.3. The molecule has 1 fully saturated rings. The highest BCUT2D eigenvalue weighted by Crippen LogP contribution is 2.56. The molecule has 0 radical (unpaired) electrons. The van der Waals surface area contributed by atoms with Crippen molar-refractivity contribution in [2.45, 2.75) is 241 Å². The zero-order valence-corrected chi connectivity index (χ0v) is 41.6. The van der Waals surface area contributed by atoms with Crippen LogP contribution < -0.4 is 16.8 Å². The van der Waals surface area contributed by atoms with E-state index in [1.54, 1.807) is 0 Å². The zero-order valence-electron chi connectivity index (χ0n) is 40.6. The first-order valence-electron chi connectivity index (χ1n) is 25.1. The third-order valence-corrected chi connectivity index (χ3v) is 16.5. The monoisotopic (exact) mass is 824 g/mol. The molecule has 0 aliphatic heterocycles. The van der Waals surface area contributed by atoms with Crippen molar-refractivity contribution in [1.82, 2.24) is 5.32 Å². The Morgan fingerprint density at radius 3 is 1.93 bits per heavy atom. The van der Waals surface area contributed by atoms with E-state index in [-0.39, 0.29) is 16.9 Å². The lowest BCUT2D eigenvalue weighted by molar-refractivity contribution is -0.0981. The average Bonchev–Trinajstić information content (AvgIpc) is 3.46. The summed E-state index contributed by atoms with van der Waals surface area (Å²) >= 11 is 0. The fraction of sp³-hybridized carbons (Fsp3) is 1.00. The van der Waals surface area contributed by atoms with Gasteiger partial charge in [-0.1, -0.05) is 126 Å². The van der Waals surface area contributed by atoms with Gasteiger partial charge in [0.1, 0.15) is 0 Å². The van der Waals surface area contributed by atoms with Gasteiger partial charge in [0.25, 0.3) is 0 Å². The van der Waals surface area contributed by atoms with E-state index < -0.39 is 8.07 Å². The average molecular weight is 824 g/mol. The molecule has 0 heterocycles.